The molecule has 4 rings (SSSR count). The highest BCUT2D eigenvalue weighted by Gasteiger charge is 2.43. The molecule has 10 heteroatoms. The number of ketones is 1. The fourth-order valence-corrected chi connectivity index (χ4v) is 5.21. The maximum Gasteiger partial charge on any atom is 0.471 e. The van der Waals surface area contributed by atoms with Gasteiger partial charge in [-0.25, -0.2) is 4.39 Å². The van der Waals surface area contributed by atoms with Crippen molar-refractivity contribution in [1.29, 1.82) is 0 Å². The van der Waals surface area contributed by atoms with E-state index >= 15 is 0 Å². The molecule has 3 aromatic rings. The van der Waals surface area contributed by atoms with E-state index in [0.717, 1.165) is 30.2 Å². The SMILES string of the molecule is CCOC(=O)CCc1ccc(N(Cc2ccc3c(c2C)N(CC(=O)c2ccccc2)CCC3)C(=O)C(F)(F)F)cc1F. The average Bonchev–Trinajstić information content (AvgIpc) is 2.96. The Morgan fingerprint density at radius 1 is 1.00 bits per heavy atom. The van der Waals surface area contributed by atoms with Gasteiger partial charge in [-0.15, -0.1) is 0 Å². The Balaban J connectivity index is 1.63. The summed E-state index contributed by atoms with van der Waals surface area (Å²) in [6.07, 6.45) is -3.73. The van der Waals surface area contributed by atoms with E-state index < -0.39 is 30.4 Å². The molecule has 222 valence electrons. The van der Waals surface area contributed by atoms with E-state index in [2.05, 4.69) is 0 Å². The van der Waals surface area contributed by atoms with Crippen molar-refractivity contribution >= 4 is 29.0 Å². The lowest BCUT2D eigenvalue weighted by atomic mass is 9.93. The zero-order chi connectivity index (χ0) is 30.4. The summed E-state index contributed by atoms with van der Waals surface area (Å²) >= 11 is 0. The topological polar surface area (TPSA) is 66.9 Å². The molecule has 0 unspecified atom stereocenters. The van der Waals surface area contributed by atoms with Gasteiger partial charge in [-0.2, -0.15) is 13.2 Å². The first-order valence-electron chi connectivity index (χ1n) is 13.8. The van der Waals surface area contributed by atoms with E-state index in [0.29, 0.717) is 28.1 Å². The van der Waals surface area contributed by atoms with Gasteiger partial charge in [-0.1, -0.05) is 48.5 Å². The van der Waals surface area contributed by atoms with Crippen LogP contribution in [0.15, 0.2) is 60.7 Å². The number of fused-ring (bicyclic) bond motifs is 1. The lowest BCUT2D eigenvalue weighted by Gasteiger charge is -2.34. The number of hydrogen-bond donors (Lipinski definition) is 0. The summed E-state index contributed by atoms with van der Waals surface area (Å²) in [7, 11) is 0. The van der Waals surface area contributed by atoms with E-state index in [9.17, 15) is 31.9 Å². The van der Waals surface area contributed by atoms with Gasteiger partial charge in [0, 0.05) is 29.9 Å². The van der Waals surface area contributed by atoms with Crippen LogP contribution >= 0.6 is 0 Å². The van der Waals surface area contributed by atoms with Crippen LogP contribution in [0, 0.1) is 12.7 Å². The van der Waals surface area contributed by atoms with Crippen LogP contribution in [0.5, 0.6) is 0 Å². The smallest absolute Gasteiger partial charge is 0.466 e. The number of aryl methyl sites for hydroxylation is 2. The number of hydrogen-bond acceptors (Lipinski definition) is 5. The van der Waals surface area contributed by atoms with E-state index in [1.54, 1.807) is 44.2 Å². The molecule has 1 aliphatic rings. The molecule has 0 fully saturated rings. The molecule has 3 aromatic carbocycles. The third-order valence-corrected chi connectivity index (χ3v) is 7.32. The number of esters is 1. The van der Waals surface area contributed by atoms with Crippen LogP contribution in [0.4, 0.5) is 28.9 Å². The largest absolute Gasteiger partial charge is 0.471 e. The van der Waals surface area contributed by atoms with E-state index in [1.807, 2.05) is 17.0 Å². The zero-order valence-electron chi connectivity index (χ0n) is 23.5. The molecule has 0 N–H and O–H groups in total. The van der Waals surface area contributed by atoms with Crippen LogP contribution in [0.25, 0.3) is 0 Å². The minimum atomic E-state index is -5.20. The van der Waals surface area contributed by atoms with E-state index in [-0.39, 0.29) is 43.0 Å². The average molecular weight is 585 g/mol. The van der Waals surface area contributed by atoms with Gasteiger partial charge in [0.05, 0.1) is 19.7 Å². The second-order valence-electron chi connectivity index (χ2n) is 10.1. The molecule has 0 saturated heterocycles. The number of amides is 1. The molecular weight excluding hydrogens is 552 g/mol. The van der Waals surface area contributed by atoms with Gasteiger partial charge in [0.2, 0.25) is 0 Å². The van der Waals surface area contributed by atoms with Crippen molar-refractivity contribution in [2.24, 2.45) is 0 Å². The minimum Gasteiger partial charge on any atom is -0.466 e. The summed E-state index contributed by atoms with van der Waals surface area (Å²) in [6.45, 7) is 3.82. The molecule has 0 aromatic heterocycles. The van der Waals surface area contributed by atoms with Crippen LogP contribution in [0.3, 0.4) is 0 Å². The zero-order valence-corrected chi connectivity index (χ0v) is 23.5. The highest BCUT2D eigenvalue weighted by Crippen LogP contribution is 2.35. The summed E-state index contributed by atoms with van der Waals surface area (Å²) in [5.74, 6) is -3.56. The number of nitrogens with zero attached hydrogens (tertiary/aromatic N) is 2. The highest BCUT2D eigenvalue weighted by atomic mass is 19.4. The van der Waals surface area contributed by atoms with Crippen LogP contribution in [-0.2, 0) is 33.7 Å². The van der Waals surface area contributed by atoms with Crippen LogP contribution in [0.2, 0.25) is 0 Å². The number of ether oxygens (including phenoxy) is 1. The Labute approximate surface area is 241 Å². The van der Waals surface area contributed by atoms with Crippen molar-refractivity contribution in [3.05, 3.63) is 94.3 Å². The van der Waals surface area contributed by atoms with Gasteiger partial charge >= 0.3 is 18.1 Å². The van der Waals surface area contributed by atoms with E-state index in [4.69, 9.17) is 4.74 Å². The highest BCUT2D eigenvalue weighted by molar-refractivity contribution is 5.99. The fourth-order valence-electron chi connectivity index (χ4n) is 5.21. The number of carbonyl (C=O) groups is 3. The van der Waals surface area contributed by atoms with Gasteiger partial charge in [-0.3, -0.25) is 14.4 Å². The van der Waals surface area contributed by atoms with Crippen molar-refractivity contribution in [3.63, 3.8) is 0 Å². The third kappa shape index (κ3) is 7.16. The molecular formula is C32H32F4N2O4. The molecule has 1 heterocycles. The molecule has 0 atom stereocenters. The van der Waals surface area contributed by atoms with Crippen LogP contribution < -0.4 is 9.80 Å². The monoisotopic (exact) mass is 584 g/mol. The maximum absolute atomic E-state index is 15.0. The Kier molecular flexibility index (Phi) is 9.65. The van der Waals surface area contributed by atoms with Crippen molar-refractivity contribution in [1.82, 2.24) is 0 Å². The van der Waals surface area contributed by atoms with Crippen molar-refractivity contribution in [2.45, 2.75) is 52.3 Å². The number of halogens is 4. The first-order valence-corrected chi connectivity index (χ1v) is 13.8. The number of alkyl halides is 3. The second kappa shape index (κ2) is 13.2. The quantitative estimate of drug-likeness (QED) is 0.158. The molecule has 0 spiro atoms. The van der Waals surface area contributed by atoms with Crippen LogP contribution in [0.1, 0.15) is 52.4 Å². The summed E-state index contributed by atoms with van der Waals surface area (Å²) in [6, 6.07) is 15.7. The summed E-state index contributed by atoms with van der Waals surface area (Å²) in [4.78, 5) is 39.6. The molecule has 0 aliphatic carbocycles. The third-order valence-electron chi connectivity index (χ3n) is 7.32. The molecule has 0 saturated carbocycles. The predicted octanol–water partition coefficient (Wildman–Crippen LogP) is 6.36. The van der Waals surface area contributed by atoms with Gasteiger partial charge in [0.25, 0.3) is 0 Å². The minimum absolute atomic E-state index is 0.000367. The summed E-state index contributed by atoms with van der Waals surface area (Å²) in [5, 5.41) is 0. The number of anilines is 2. The Hall–Kier alpha value is -4.21. The lowest BCUT2D eigenvalue weighted by Crippen LogP contribution is -2.41. The first-order chi connectivity index (χ1) is 20.0. The maximum atomic E-state index is 15.0. The number of benzene rings is 3. The number of Topliss-reactive ketones (excluding diaryl/α,β-unsaturated/α-hetero) is 1. The Bertz CT molecular complexity index is 1460. The van der Waals surface area contributed by atoms with Crippen molar-refractivity contribution < 1.29 is 36.7 Å². The predicted molar refractivity (Wildman–Crippen MR) is 151 cm³/mol. The van der Waals surface area contributed by atoms with Gasteiger partial charge < -0.3 is 14.5 Å². The fraction of sp³-hybridized carbons (Fsp3) is 0.344. The summed E-state index contributed by atoms with van der Waals surface area (Å²) < 4.78 is 60.9. The molecule has 0 radical (unpaired) electrons. The normalized spacial score (nSPS) is 13.0. The molecule has 1 amide bonds. The Morgan fingerprint density at radius 2 is 1.71 bits per heavy atom. The van der Waals surface area contributed by atoms with Crippen molar-refractivity contribution in [3.8, 4) is 0 Å². The molecule has 0 bridgehead atoms. The summed E-state index contributed by atoms with van der Waals surface area (Å²) in [5.41, 5.74) is 3.25. The van der Waals surface area contributed by atoms with E-state index in [1.165, 1.54) is 12.1 Å². The van der Waals surface area contributed by atoms with Crippen molar-refractivity contribution in [2.75, 3.05) is 29.5 Å². The molecule has 6 nitrogen and oxygen atoms in total. The van der Waals surface area contributed by atoms with Gasteiger partial charge in [-0.05, 0) is 67.5 Å². The molecule has 42 heavy (non-hydrogen) atoms. The Morgan fingerprint density at radius 3 is 2.38 bits per heavy atom. The number of carbonyl (C=O) groups excluding carboxylic acids is 3. The first kappa shape index (κ1) is 30.7. The van der Waals surface area contributed by atoms with Gasteiger partial charge in [0.1, 0.15) is 5.82 Å². The van der Waals surface area contributed by atoms with Gasteiger partial charge in [0.15, 0.2) is 5.78 Å². The lowest BCUT2D eigenvalue weighted by molar-refractivity contribution is -0.170. The standard InChI is InChI=1S/C32H32F4N2O4/c1-3-42-29(40)16-14-22-13-15-26(18-27(22)33)38(31(41)32(34,35)36)19-25-12-11-24-10-7-17-37(30(24)21(25)2)20-28(39)23-8-5-4-6-9-23/h4-6,8-9,11-13,15,18H,3,7,10,14,16-17,19-20H2,1-2H3. The molecule has 1 aliphatic heterocycles. The second-order valence-corrected chi connectivity index (χ2v) is 10.1. The van der Waals surface area contributed by atoms with Crippen LogP contribution in [-0.4, -0.2) is 43.5 Å². The number of rotatable bonds is 10.